The van der Waals surface area contributed by atoms with Crippen LogP contribution >= 0.6 is 0 Å². The lowest BCUT2D eigenvalue weighted by molar-refractivity contribution is -0.398. The van der Waals surface area contributed by atoms with Crippen LogP contribution in [0.1, 0.15) is 27.3 Å². The van der Waals surface area contributed by atoms with Gasteiger partial charge in [0.1, 0.15) is 5.82 Å². The molecule has 1 aromatic heterocycles. The summed E-state index contributed by atoms with van der Waals surface area (Å²) in [5, 5.41) is 26.0. The second-order valence-electron chi connectivity index (χ2n) is 6.28. The van der Waals surface area contributed by atoms with E-state index in [1.165, 1.54) is 24.4 Å². The zero-order chi connectivity index (χ0) is 21.1. The SMILES string of the molecule is Cc1cc(C(=O)N/N=C\c2ccc([O-])c([N+](=O)[O-])c2)c(C)n1-c1ccc(F)cc1. The van der Waals surface area contributed by atoms with E-state index in [0.29, 0.717) is 22.5 Å². The predicted octanol–water partition coefficient (Wildman–Crippen LogP) is 2.98. The van der Waals surface area contributed by atoms with E-state index in [1.807, 2.05) is 11.5 Å². The Morgan fingerprint density at radius 3 is 2.52 bits per heavy atom. The molecule has 0 saturated heterocycles. The number of nitro benzene ring substituents is 1. The van der Waals surface area contributed by atoms with Crippen molar-refractivity contribution in [1.29, 1.82) is 0 Å². The van der Waals surface area contributed by atoms with Crippen LogP contribution in [0.4, 0.5) is 10.1 Å². The molecule has 2 aromatic carbocycles. The molecule has 0 fully saturated rings. The summed E-state index contributed by atoms with van der Waals surface area (Å²) in [6, 6.07) is 11.1. The molecule has 1 heterocycles. The maximum absolute atomic E-state index is 13.2. The quantitative estimate of drug-likeness (QED) is 0.406. The summed E-state index contributed by atoms with van der Waals surface area (Å²) in [4.78, 5) is 22.5. The highest BCUT2D eigenvalue weighted by Gasteiger charge is 2.16. The number of amides is 1. The lowest BCUT2D eigenvalue weighted by Crippen LogP contribution is -2.18. The first-order valence-corrected chi connectivity index (χ1v) is 8.51. The van der Waals surface area contributed by atoms with Gasteiger partial charge in [0.05, 0.1) is 16.7 Å². The van der Waals surface area contributed by atoms with Gasteiger partial charge in [-0.2, -0.15) is 5.10 Å². The fourth-order valence-corrected chi connectivity index (χ4v) is 2.96. The normalized spacial score (nSPS) is 11.0. The van der Waals surface area contributed by atoms with E-state index in [2.05, 4.69) is 10.5 Å². The molecule has 3 aromatic rings. The lowest BCUT2D eigenvalue weighted by Gasteiger charge is -2.09. The van der Waals surface area contributed by atoms with E-state index in [4.69, 9.17) is 0 Å². The Hall–Kier alpha value is -4.01. The third-order valence-electron chi connectivity index (χ3n) is 4.32. The predicted molar refractivity (Wildman–Crippen MR) is 103 cm³/mol. The molecule has 0 aliphatic carbocycles. The third kappa shape index (κ3) is 4.13. The summed E-state index contributed by atoms with van der Waals surface area (Å²) in [5.74, 6) is -1.53. The first kappa shape index (κ1) is 19.7. The minimum Gasteiger partial charge on any atom is -0.868 e. The number of nitrogens with one attached hydrogen (secondary N) is 1. The molecule has 0 aliphatic heterocycles. The summed E-state index contributed by atoms with van der Waals surface area (Å²) in [6.07, 6.45) is 1.21. The van der Waals surface area contributed by atoms with Crippen molar-refractivity contribution in [2.75, 3.05) is 0 Å². The van der Waals surface area contributed by atoms with Gasteiger partial charge in [-0.1, -0.05) is 12.1 Å². The number of nitrogens with zero attached hydrogens (tertiary/aromatic N) is 3. The van der Waals surface area contributed by atoms with Crippen LogP contribution in [0.15, 0.2) is 53.6 Å². The number of hydrogen-bond acceptors (Lipinski definition) is 5. The van der Waals surface area contributed by atoms with Gasteiger partial charge in [0.2, 0.25) is 0 Å². The second kappa shape index (κ2) is 7.93. The number of hydrogen-bond donors (Lipinski definition) is 1. The molecule has 148 valence electrons. The minimum absolute atomic E-state index is 0.299. The van der Waals surface area contributed by atoms with Crippen LogP contribution in [0.3, 0.4) is 0 Å². The standard InChI is InChI=1S/C20H17FN4O4/c1-12-9-17(13(2)24(12)16-6-4-15(21)5-7-16)20(27)23-22-11-14-3-8-19(26)18(10-14)25(28)29/h3-11,26H,1-2H3,(H,23,27)/p-1/b22-11-. The fourth-order valence-electron chi connectivity index (χ4n) is 2.96. The van der Waals surface area contributed by atoms with Crippen molar-refractivity contribution in [3.05, 3.63) is 87.0 Å². The van der Waals surface area contributed by atoms with Crippen LogP contribution in [0.25, 0.3) is 5.69 Å². The molecule has 0 radical (unpaired) electrons. The lowest BCUT2D eigenvalue weighted by atomic mass is 10.2. The van der Waals surface area contributed by atoms with Gasteiger partial charge < -0.3 is 9.67 Å². The molecule has 0 spiro atoms. The van der Waals surface area contributed by atoms with Crippen LogP contribution in [0, 0.1) is 29.8 Å². The van der Waals surface area contributed by atoms with E-state index in [0.717, 1.165) is 17.8 Å². The highest BCUT2D eigenvalue weighted by atomic mass is 19.1. The molecular weight excluding hydrogens is 379 g/mol. The average molecular weight is 395 g/mol. The zero-order valence-corrected chi connectivity index (χ0v) is 15.5. The van der Waals surface area contributed by atoms with Crippen LogP contribution in [0.2, 0.25) is 0 Å². The molecule has 8 nitrogen and oxygen atoms in total. The highest BCUT2D eigenvalue weighted by Crippen LogP contribution is 2.23. The van der Waals surface area contributed by atoms with Crippen molar-refractivity contribution in [3.63, 3.8) is 0 Å². The van der Waals surface area contributed by atoms with E-state index in [9.17, 15) is 24.4 Å². The van der Waals surface area contributed by atoms with Gasteiger partial charge in [0.15, 0.2) is 0 Å². The summed E-state index contributed by atoms with van der Waals surface area (Å²) in [7, 11) is 0. The van der Waals surface area contributed by atoms with Crippen molar-refractivity contribution >= 4 is 17.8 Å². The third-order valence-corrected chi connectivity index (χ3v) is 4.32. The topological polar surface area (TPSA) is 113 Å². The monoisotopic (exact) mass is 395 g/mol. The van der Waals surface area contributed by atoms with Gasteiger partial charge in [0, 0.05) is 28.7 Å². The Labute approximate surface area is 165 Å². The molecule has 29 heavy (non-hydrogen) atoms. The van der Waals surface area contributed by atoms with Crippen molar-refractivity contribution in [1.82, 2.24) is 9.99 Å². The van der Waals surface area contributed by atoms with E-state index < -0.39 is 22.3 Å². The number of hydrazone groups is 1. The molecule has 1 N–H and O–H groups in total. The Morgan fingerprint density at radius 1 is 1.17 bits per heavy atom. The number of benzene rings is 2. The number of carbonyl (C=O) groups excluding carboxylic acids is 1. The molecular formula is C20H16FN4O4-. The van der Waals surface area contributed by atoms with Gasteiger partial charge in [-0.25, -0.2) is 9.82 Å². The second-order valence-corrected chi connectivity index (χ2v) is 6.28. The summed E-state index contributed by atoms with van der Waals surface area (Å²) < 4.78 is 15.0. The Bertz CT molecular complexity index is 1120. The number of rotatable bonds is 5. The van der Waals surface area contributed by atoms with Gasteiger partial charge in [-0.05, 0) is 49.9 Å². The van der Waals surface area contributed by atoms with Crippen molar-refractivity contribution in [2.45, 2.75) is 13.8 Å². The average Bonchev–Trinajstić information content (AvgIpc) is 2.98. The highest BCUT2D eigenvalue weighted by molar-refractivity contribution is 5.96. The van der Waals surface area contributed by atoms with Crippen LogP contribution in [0.5, 0.6) is 5.75 Å². The summed E-state index contributed by atoms with van der Waals surface area (Å²) in [6.45, 7) is 3.57. The summed E-state index contributed by atoms with van der Waals surface area (Å²) >= 11 is 0. The molecule has 1 amide bonds. The van der Waals surface area contributed by atoms with E-state index in [1.54, 1.807) is 25.1 Å². The Balaban J connectivity index is 1.79. The maximum Gasteiger partial charge on any atom is 0.273 e. The number of nitro groups is 1. The summed E-state index contributed by atoms with van der Waals surface area (Å²) in [5.41, 5.74) is 4.62. The van der Waals surface area contributed by atoms with Gasteiger partial charge in [-0.15, -0.1) is 0 Å². The molecule has 3 rings (SSSR count). The van der Waals surface area contributed by atoms with Crippen molar-refractivity contribution in [3.8, 4) is 11.4 Å². The van der Waals surface area contributed by atoms with E-state index >= 15 is 0 Å². The fraction of sp³-hybridized carbons (Fsp3) is 0.100. The maximum atomic E-state index is 13.2. The first-order valence-electron chi connectivity index (χ1n) is 8.51. The van der Waals surface area contributed by atoms with Gasteiger partial charge in [-0.3, -0.25) is 14.9 Å². The van der Waals surface area contributed by atoms with Gasteiger partial charge >= 0.3 is 0 Å². The molecule has 0 unspecified atom stereocenters. The number of carbonyl (C=O) groups is 1. The largest absolute Gasteiger partial charge is 0.868 e. The van der Waals surface area contributed by atoms with E-state index in [-0.39, 0.29) is 5.82 Å². The first-order chi connectivity index (χ1) is 13.8. The number of aryl methyl sites for hydroxylation is 1. The molecule has 9 heteroatoms. The van der Waals surface area contributed by atoms with Crippen LogP contribution < -0.4 is 10.5 Å². The number of aromatic nitrogens is 1. The van der Waals surface area contributed by atoms with Crippen molar-refractivity contribution in [2.24, 2.45) is 5.10 Å². The minimum atomic E-state index is -0.775. The van der Waals surface area contributed by atoms with Crippen molar-refractivity contribution < 1.29 is 19.2 Å². The molecule has 0 bridgehead atoms. The number of halogens is 1. The molecule has 0 aliphatic rings. The molecule has 0 atom stereocenters. The van der Waals surface area contributed by atoms with Crippen LogP contribution in [-0.2, 0) is 0 Å². The Kier molecular flexibility index (Phi) is 5.40. The smallest absolute Gasteiger partial charge is 0.273 e. The van der Waals surface area contributed by atoms with Crippen LogP contribution in [-0.4, -0.2) is 21.6 Å². The Morgan fingerprint density at radius 2 is 1.86 bits per heavy atom. The zero-order valence-electron chi connectivity index (χ0n) is 15.5. The van der Waals surface area contributed by atoms with Gasteiger partial charge in [0.25, 0.3) is 11.6 Å². The molecule has 0 saturated carbocycles.